The topological polar surface area (TPSA) is 30.5 Å². The van der Waals surface area contributed by atoms with Gasteiger partial charge in [-0.15, -0.1) is 0 Å². The summed E-state index contributed by atoms with van der Waals surface area (Å²) in [5.41, 5.74) is 1.18. The second-order valence-corrected chi connectivity index (χ2v) is 4.34. The van der Waals surface area contributed by atoms with Crippen molar-refractivity contribution in [2.24, 2.45) is 0 Å². The first-order valence-electron chi connectivity index (χ1n) is 5.34. The molecule has 0 radical (unpaired) electrons. The molecule has 1 aromatic rings. The van der Waals surface area contributed by atoms with Gasteiger partial charge in [-0.25, -0.2) is 0 Å². The minimum atomic E-state index is 0.738. The smallest absolute Gasteiger partial charge is 0.174 e. The lowest BCUT2D eigenvalue weighted by Gasteiger charge is -2.12. The third-order valence-corrected chi connectivity index (χ3v) is 2.84. The fourth-order valence-corrected chi connectivity index (χ4v) is 2.13. The van der Waals surface area contributed by atoms with Gasteiger partial charge < -0.3 is 14.8 Å². The van der Waals surface area contributed by atoms with E-state index in [1.165, 1.54) is 5.56 Å². The molecule has 16 heavy (non-hydrogen) atoms. The predicted octanol–water partition coefficient (Wildman–Crippen LogP) is 2.97. The molecule has 0 aliphatic heterocycles. The Balaban J connectivity index is 2.83. The molecular weight excluding hydrogens is 270 g/mol. The van der Waals surface area contributed by atoms with Crippen LogP contribution in [-0.4, -0.2) is 20.8 Å². The highest BCUT2D eigenvalue weighted by Crippen LogP contribution is 2.36. The Morgan fingerprint density at radius 3 is 2.56 bits per heavy atom. The van der Waals surface area contributed by atoms with Crippen molar-refractivity contribution in [2.75, 3.05) is 20.8 Å². The molecule has 1 aromatic carbocycles. The summed E-state index contributed by atoms with van der Waals surface area (Å²) < 4.78 is 11.5. The van der Waals surface area contributed by atoms with Crippen LogP contribution >= 0.6 is 15.9 Å². The minimum absolute atomic E-state index is 0.738. The number of methoxy groups -OCH3 is 2. The normalized spacial score (nSPS) is 10.2. The number of nitrogens with one attached hydrogen (secondary N) is 1. The molecular formula is C12H18BrNO2. The van der Waals surface area contributed by atoms with Crippen LogP contribution in [0.4, 0.5) is 0 Å². The first-order valence-corrected chi connectivity index (χ1v) is 6.13. The third kappa shape index (κ3) is 3.39. The Hall–Kier alpha value is -0.740. The van der Waals surface area contributed by atoms with Crippen LogP contribution in [-0.2, 0) is 6.54 Å². The number of ether oxygens (including phenoxy) is 2. The standard InChI is InChI=1S/C12H18BrNO2/c1-4-5-14-8-9-6-10(13)12(16-3)11(7-9)15-2/h6-7,14H,4-5,8H2,1-3H3. The SMILES string of the molecule is CCCNCc1cc(Br)c(OC)c(OC)c1. The molecule has 0 spiro atoms. The zero-order chi connectivity index (χ0) is 12.0. The molecule has 4 heteroatoms. The van der Waals surface area contributed by atoms with Crippen LogP contribution in [0.3, 0.4) is 0 Å². The third-order valence-electron chi connectivity index (χ3n) is 2.25. The average Bonchev–Trinajstić information content (AvgIpc) is 2.28. The molecule has 3 nitrogen and oxygen atoms in total. The highest BCUT2D eigenvalue weighted by molar-refractivity contribution is 9.10. The largest absolute Gasteiger partial charge is 0.493 e. The van der Waals surface area contributed by atoms with E-state index in [9.17, 15) is 0 Å². The van der Waals surface area contributed by atoms with E-state index in [0.29, 0.717) is 0 Å². The van der Waals surface area contributed by atoms with E-state index in [1.54, 1.807) is 14.2 Å². The molecule has 1 N–H and O–H groups in total. The van der Waals surface area contributed by atoms with Crippen molar-refractivity contribution in [3.8, 4) is 11.5 Å². The summed E-state index contributed by atoms with van der Waals surface area (Å²) in [6, 6.07) is 4.04. The van der Waals surface area contributed by atoms with E-state index in [-0.39, 0.29) is 0 Å². The van der Waals surface area contributed by atoms with E-state index in [0.717, 1.165) is 35.5 Å². The predicted molar refractivity (Wildman–Crippen MR) is 69.2 cm³/mol. The maximum Gasteiger partial charge on any atom is 0.174 e. The van der Waals surface area contributed by atoms with Gasteiger partial charge in [0.2, 0.25) is 0 Å². The van der Waals surface area contributed by atoms with Gasteiger partial charge in [-0.1, -0.05) is 6.92 Å². The van der Waals surface area contributed by atoms with E-state index < -0.39 is 0 Å². The first kappa shape index (κ1) is 13.3. The molecule has 0 saturated carbocycles. The van der Waals surface area contributed by atoms with Crippen molar-refractivity contribution in [2.45, 2.75) is 19.9 Å². The zero-order valence-electron chi connectivity index (χ0n) is 9.97. The maximum absolute atomic E-state index is 5.28. The van der Waals surface area contributed by atoms with E-state index in [4.69, 9.17) is 9.47 Å². The molecule has 90 valence electrons. The molecule has 0 bridgehead atoms. The summed E-state index contributed by atoms with van der Waals surface area (Å²) in [6.07, 6.45) is 1.13. The van der Waals surface area contributed by atoms with E-state index in [2.05, 4.69) is 28.2 Å². The van der Waals surface area contributed by atoms with Crippen LogP contribution in [0.1, 0.15) is 18.9 Å². The lowest BCUT2D eigenvalue weighted by atomic mass is 10.2. The molecule has 0 saturated heterocycles. The Morgan fingerprint density at radius 2 is 2.00 bits per heavy atom. The number of benzene rings is 1. The quantitative estimate of drug-likeness (QED) is 0.816. The van der Waals surface area contributed by atoms with Crippen molar-refractivity contribution < 1.29 is 9.47 Å². The van der Waals surface area contributed by atoms with Crippen molar-refractivity contribution in [3.63, 3.8) is 0 Å². The van der Waals surface area contributed by atoms with Crippen molar-refractivity contribution in [1.29, 1.82) is 0 Å². The lowest BCUT2D eigenvalue weighted by molar-refractivity contribution is 0.352. The highest BCUT2D eigenvalue weighted by Gasteiger charge is 2.09. The second kappa shape index (κ2) is 6.76. The number of rotatable bonds is 6. The fraction of sp³-hybridized carbons (Fsp3) is 0.500. The molecule has 0 aromatic heterocycles. The number of hydrogen-bond acceptors (Lipinski definition) is 3. The summed E-state index contributed by atoms with van der Waals surface area (Å²) in [5, 5.41) is 3.35. The van der Waals surface area contributed by atoms with Gasteiger partial charge in [0.15, 0.2) is 11.5 Å². The van der Waals surface area contributed by atoms with Gasteiger partial charge in [-0.2, -0.15) is 0 Å². The van der Waals surface area contributed by atoms with Gasteiger partial charge in [0, 0.05) is 6.54 Å². The fourth-order valence-electron chi connectivity index (χ4n) is 1.48. The lowest BCUT2D eigenvalue weighted by Crippen LogP contribution is -2.13. The Morgan fingerprint density at radius 1 is 1.25 bits per heavy atom. The molecule has 0 unspecified atom stereocenters. The summed E-state index contributed by atoms with van der Waals surface area (Å²) in [4.78, 5) is 0. The molecule has 0 atom stereocenters. The molecule has 0 aliphatic carbocycles. The summed E-state index contributed by atoms with van der Waals surface area (Å²) in [7, 11) is 3.28. The number of hydrogen-bond donors (Lipinski definition) is 1. The Labute approximate surface area is 105 Å². The van der Waals surface area contributed by atoms with Crippen molar-refractivity contribution >= 4 is 15.9 Å². The molecule has 0 amide bonds. The summed E-state index contributed by atoms with van der Waals surface area (Å²) in [6.45, 7) is 4.01. The monoisotopic (exact) mass is 287 g/mol. The first-order chi connectivity index (χ1) is 7.72. The van der Waals surface area contributed by atoms with Gasteiger partial charge in [0.05, 0.1) is 18.7 Å². The summed E-state index contributed by atoms with van der Waals surface area (Å²) >= 11 is 3.48. The van der Waals surface area contributed by atoms with Gasteiger partial charge in [-0.3, -0.25) is 0 Å². The Bertz CT molecular complexity index is 342. The average molecular weight is 288 g/mol. The summed E-state index contributed by atoms with van der Waals surface area (Å²) in [5.74, 6) is 1.49. The van der Waals surface area contributed by atoms with Gasteiger partial charge >= 0.3 is 0 Å². The number of halogens is 1. The van der Waals surface area contributed by atoms with Gasteiger partial charge in [0.1, 0.15) is 0 Å². The van der Waals surface area contributed by atoms with E-state index >= 15 is 0 Å². The van der Waals surface area contributed by atoms with Crippen LogP contribution in [0.15, 0.2) is 16.6 Å². The van der Waals surface area contributed by atoms with Crippen LogP contribution in [0.25, 0.3) is 0 Å². The molecule has 1 rings (SSSR count). The second-order valence-electron chi connectivity index (χ2n) is 3.49. The molecule has 0 aliphatic rings. The van der Waals surface area contributed by atoms with Gasteiger partial charge in [-0.05, 0) is 46.6 Å². The Kier molecular flexibility index (Phi) is 5.63. The van der Waals surface area contributed by atoms with Crippen LogP contribution in [0.2, 0.25) is 0 Å². The van der Waals surface area contributed by atoms with Crippen LogP contribution in [0.5, 0.6) is 11.5 Å². The van der Waals surface area contributed by atoms with E-state index in [1.807, 2.05) is 12.1 Å². The zero-order valence-corrected chi connectivity index (χ0v) is 11.6. The maximum atomic E-state index is 5.28. The molecule has 0 heterocycles. The molecule has 0 fully saturated rings. The van der Waals surface area contributed by atoms with Gasteiger partial charge in [0.25, 0.3) is 0 Å². The highest BCUT2D eigenvalue weighted by atomic mass is 79.9. The minimum Gasteiger partial charge on any atom is -0.493 e. The van der Waals surface area contributed by atoms with Crippen molar-refractivity contribution in [1.82, 2.24) is 5.32 Å². The van der Waals surface area contributed by atoms with Crippen LogP contribution in [0, 0.1) is 0 Å². The van der Waals surface area contributed by atoms with Crippen molar-refractivity contribution in [3.05, 3.63) is 22.2 Å². The van der Waals surface area contributed by atoms with Crippen LogP contribution < -0.4 is 14.8 Å².